The van der Waals surface area contributed by atoms with E-state index in [1.165, 1.54) is 30.0 Å². The van der Waals surface area contributed by atoms with Crippen LogP contribution in [0.1, 0.15) is 28.3 Å². The zero-order chi connectivity index (χ0) is 25.8. The van der Waals surface area contributed by atoms with E-state index in [-0.39, 0.29) is 39.5 Å². The number of carbonyl (C=O) groups excluding carboxylic acids is 2. The Morgan fingerprint density at radius 1 is 0.946 bits per heavy atom. The maximum absolute atomic E-state index is 13.8. The van der Waals surface area contributed by atoms with Gasteiger partial charge in [0, 0.05) is 21.6 Å². The molecule has 2 aliphatic heterocycles. The van der Waals surface area contributed by atoms with Gasteiger partial charge in [0.05, 0.1) is 28.1 Å². The van der Waals surface area contributed by atoms with Gasteiger partial charge >= 0.3 is 11.0 Å². The van der Waals surface area contributed by atoms with Gasteiger partial charge in [0.2, 0.25) is 11.8 Å². The van der Waals surface area contributed by atoms with Crippen molar-refractivity contribution in [2.45, 2.75) is 28.8 Å². The first kappa shape index (κ1) is 23.1. The first-order chi connectivity index (χ1) is 17.7. The average molecular weight is 545 g/mol. The Balaban J connectivity index is 1.34. The molecule has 2 aliphatic carbocycles. The molecule has 2 saturated carbocycles. The van der Waals surface area contributed by atoms with Crippen molar-refractivity contribution in [3.8, 4) is 5.75 Å². The second-order valence-electron chi connectivity index (χ2n) is 10.0. The highest BCUT2D eigenvalue weighted by Gasteiger charge is 2.70. The number of phenolic OH excluding ortho intramolecular Hbond substituents is 1. The first-order valence-electron chi connectivity index (χ1n) is 11.9. The molecular weight excluding hydrogens is 525 g/mol. The van der Waals surface area contributed by atoms with Gasteiger partial charge in [-0.15, -0.1) is 11.8 Å². The zero-order valence-electron chi connectivity index (χ0n) is 18.9. The van der Waals surface area contributed by atoms with Crippen LogP contribution >= 0.6 is 23.1 Å². The Morgan fingerprint density at radius 2 is 1.62 bits per heavy atom. The number of nitrogens with zero attached hydrogens (tertiary/aromatic N) is 1. The molecule has 2 bridgehead atoms. The van der Waals surface area contributed by atoms with Crippen LogP contribution in [0, 0.1) is 29.6 Å². The maximum atomic E-state index is 13.8. The maximum Gasteiger partial charge on any atom is 0.418 e. The molecule has 190 valence electrons. The van der Waals surface area contributed by atoms with E-state index in [0.29, 0.717) is 17.0 Å². The molecule has 37 heavy (non-hydrogen) atoms. The number of nitrogens with one attached hydrogen (secondary N) is 1. The Labute approximate surface area is 216 Å². The van der Waals surface area contributed by atoms with Gasteiger partial charge in [-0.3, -0.25) is 14.4 Å². The molecule has 6 nitrogen and oxygen atoms in total. The van der Waals surface area contributed by atoms with E-state index >= 15 is 0 Å². The molecular formula is C26H19F3N2O4S2. The third-order valence-electron chi connectivity index (χ3n) is 8.45. The molecule has 3 aromatic rings. The number of alkyl halides is 3. The van der Waals surface area contributed by atoms with Crippen molar-refractivity contribution in [3.05, 3.63) is 74.2 Å². The zero-order valence-corrected chi connectivity index (χ0v) is 20.6. The Hall–Kier alpha value is -3.05. The molecule has 0 spiro atoms. The fourth-order valence-corrected chi connectivity index (χ4v) is 10.1. The Kier molecular flexibility index (Phi) is 4.83. The number of imide groups is 1. The van der Waals surface area contributed by atoms with E-state index in [2.05, 4.69) is 4.98 Å². The largest absolute Gasteiger partial charge is 0.508 e. The van der Waals surface area contributed by atoms with Crippen LogP contribution in [0.5, 0.6) is 5.75 Å². The molecule has 0 radical (unpaired) electrons. The van der Waals surface area contributed by atoms with Gasteiger partial charge in [-0.05, 0) is 42.4 Å². The number of carbonyl (C=O) groups is 2. The van der Waals surface area contributed by atoms with E-state index in [0.717, 1.165) is 27.2 Å². The van der Waals surface area contributed by atoms with Gasteiger partial charge in [-0.2, -0.15) is 13.2 Å². The van der Waals surface area contributed by atoms with Crippen LogP contribution < -0.4 is 9.77 Å². The monoisotopic (exact) mass is 544 g/mol. The van der Waals surface area contributed by atoms with Gasteiger partial charge in [0.15, 0.2) is 0 Å². The number of benzene rings is 2. The quantitative estimate of drug-likeness (QED) is 0.451. The summed E-state index contributed by atoms with van der Waals surface area (Å²) >= 11 is 2.56. The van der Waals surface area contributed by atoms with E-state index in [9.17, 15) is 32.7 Å². The number of phenols is 1. The number of thiazole rings is 1. The lowest BCUT2D eigenvalue weighted by Gasteiger charge is -2.43. The van der Waals surface area contributed by atoms with Crippen LogP contribution in [0.2, 0.25) is 0 Å². The Bertz CT molecular complexity index is 1530. The fraction of sp³-hybridized carbons (Fsp3) is 0.346. The predicted octanol–water partition coefficient (Wildman–Crippen LogP) is 4.84. The Morgan fingerprint density at radius 3 is 2.35 bits per heavy atom. The van der Waals surface area contributed by atoms with Gasteiger partial charge in [-0.25, -0.2) is 4.90 Å². The minimum Gasteiger partial charge on any atom is -0.508 e. The van der Waals surface area contributed by atoms with Crippen molar-refractivity contribution < 1.29 is 27.9 Å². The number of thioether (sulfide) groups is 1. The lowest BCUT2D eigenvalue weighted by atomic mass is 9.68. The van der Waals surface area contributed by atoms with E-state index in [4.69, 9.17) is 0 Å². The van der Waals surface area contributed by atoms with Gasteiger partial charge in [-0.1, -0.05) is 41.7 Å². The number of hydrogen-bond donors (Lipinski definition) is 2. The SMILES string of the molecule is O=C1[C@H]2[C@H]3C[C@@H]([C@@H]2C(=O)N1c1ccccc1C(F)(F)F)[C@H]1[C@H](c2ccccc2O)c2sc(=O)[nH]c2S[C@H]31. The minimum absolute atomic E-state index is 0.0822. The number of amides is 2. The third-order valence-corrected chi connectivity index (χ3v) is 11.0. The summed E-state index contributed by atoms with van der Waals surface area (Å²) < 4.78 is 41.3. The van der Waals surface area contributed by atoms with Crippen molar-refractivity contribution in [2.75, 3.05) is 4.90 Å². The van der Waals surface area contributed by atoms with Gasteiger partial charge in [0.25, 0.3) is 0 Å². The molecule has 11 heteroatoms. The molecule has 2 aromatic carbocycles. The summed E-state index contributed by atoms with van der Waals surface area (Å²) in [7, 11) is 0. The number of anilines is 1. The summed E-state index contributed by atoms with van der Waals surface area (Å²) in [5, 5.41) is 11.3. The van der Waals surface area contributed by atoms with Crippen molar-refractivity contribution >= 4 is 40.6 Å². The smallest absolute Gasteiger partial charge is 0.418 e. The molecule has 1 saturated heterocycles. The molecule has 3 heterocycles. The van der Waals surface area contributed by atoms with E-state index < -0.39 is 41.1 Å². The van der Waals surface area contributed by atoms with Gasteiger partial charge in [0.1, 0.15) is 5.75 Å². The standard InChI is InChI=1S/C26H19F3N2O4S2/c27-26(28,29)13-6-2-3-7-14(13)31-23(33)18-11-9-12(19(18)24(31)34)20-17(11)16(10-5-1-4-8-15(10)32)21-22(36-20)30-25(35)37-21/h1-8,11-12,16-20,32H,9H2,(H,30,35)/t11-,12-,16+,17+,18+,19+,20-/m1/s1. The number of aromatic amines is 1. The van der Waals surface area contributed by atoms with Crippen LogP contribution in [0.25, 0.3) is 0 Å². The molecule has 0 unspecified atom stereocenters. The average Bonchev–Trinajstić information content (AvgIpc) is 3.58. The number of aromatic nitrogens is 1. The highest BCUT2D eigenvalue weighted by molar-refractivity contribution is 8.00. The number of H-pyrrole nitrogens is 1. The predicted molar refractivity (Wildman–Crippen MR) is 131 cm³/mol. The summed E-state index contributed by atoms with van der Waals surface area (Å²) in [6, 6.07) is 11.6. The molecule has 7 atom stereocenters. The lowest BCUT2D eigenvalue weighted by Crippen LogP contribution is -2.42. The minimum atomic E-state index is -4.71. The number of fused-ring (bicyclic) bond motifs is 9. The van der Waals surface area contributed by atoms with Crippen molar-refractivity contribution in [1.29, 1.82) is 0 Å². The summed E-state index contributed by atoms with van der Waals surface area (Å²) in [5.41, 5.74) is -0.785. The van der Waals surface area contributed by atoms with Gasteiger partial charge < -0.3 is 10.1 Å². The molecule has 2 amide bonds. The van der Waals surface area contributed by atoms with Crippen molar-refractivity contribution in [3.63, 3.8) is 0 Å². The summed E-state index contributed by atoms with van der Waals surface area (Å²) in [4.78, 5) is 43.9. The topological polar surface area (TPSA) is 90.5 Å². The van der Waals surface area contributed by atoms with Crippen molar-refractivity contribution in [1.82, 2.24) is 4.98 Å². The van der Waals surface area contributed by atoms with E-state index in [1.807, 2.05) is 0 Å². The summed E-state index contributed by atoms with van der Waals surface area (Å²) in [6.07, 6.45) is -4.11. The molecule has 3 fully saturated rings. The van der Waals surface area contributed by atoms with E-state index in [1.54, 1.807) is 24.3 Å². The number of halogens is 3. The van der Waals surface area contributed by atoms with Crippen LogP contribution in [-0.2, 0) is 15.8 Å². The number of aromatic hydroxyl groups is 1. The molecule has 2 N–H and O–H groups in total. The van der Waals surface area contributed by atoms with Crippen molar-refractivity contribution in [2.24, 2.45) is 29.6 Å². The first-order valence-corrected chi connectivity index (χ1v) is 13.6. The molecule has 1 aromatic heterocycles. The number of rotatable bonds is 2. The van der Waals surface area contributed by atoms with Crippen LogP contribution in [-0.4, -0.2) is 27.2 Å². The second kappa shape index (κ2) is 7.73. The summed E-state index contributed by atoms with van der Waals surface area (Å²) in [5.74, 6) is -3.53. The number of para-hydroxylation sites is 2. The fourth-order valence-electron chi connectivity index (χ4n) is 7.26. The molecule has 4 aliphatic rings. The third kappa shape index (κ3) is 3.10. The summed E-state index contributed by atoms with van der Waals surface area (Å²) in [6.45, 7) is 0. The van der Waals surface area contributed by atoms with Crippen LogP contribution in [0.3, 0.4) is 0 Å². The normalized spacial score (nSPS) is 32.0. The highest BCUT2D eigenvalue weighted by atomic mass is 32.2. The lowest BCUT2D eigenvalue weighted by molar-refractivity contribution is -0.137. The van der Waals surface area contributed by atoms with Crippen LogP contribution in [0.15, 0.2) is 58.4 Å². The number of hydrogen-bond acceptors (Lipinski definition) is 6. The van der Waals surface area contributed by atoms with Crippen LogP contribution in [0.4, 0.5) is 18.9 Å². The highest BCUT2D eigenvalue weighted by Crippen LogP contribution is 2.69. The molecule has 7 rings (SSSR count). The second-order valence-corrected chi connectivity index (χ2v) is 12.2.